The molecule has 5 rings (SSSR count). The summed E-state index contributed by atoms with van der Waals surface area (Å²) in [5, 5.41) is 22.5. The number of aliphatic hydroxyl groups excluding tert-OH is 1. The number of hydrogen-bond donors (Lipinski definition) is 3. The largest absolute Gasteiger partial charge is 0.425 e. The van der Waals surface area contributed by atoms with Gasteiger partial charge in [0.05, 0.1) is 31.1 Å². The summed E-state index contributed by atoms with van der Waals surface area (Å²) in [5.41, 5.74) is -3.94. The van der Waals surface area contributed by atoms with Crippen LogP contribution in [0.1, 0.15) is 41.7 Å². The minimum Gasteiger partial charge on any atom is -0.393 e. The Morgan fingerprint density at radius 2 is 1.70 bits per heavy atom. The molecular formula is C25H30F3N5O4. The Bertz CT molecular complexity index is 1140. The summed E-state index contributed by atoms with van der Waals surface area (Å²) in [6.45, 7) is 1.97. The molecule has 200 valence electrons. The first kappa shape index (κ1) is 25.7. The van der Waals surface area contributed by atoms with Gasteiger partial charge in [-0.25, -0.2) is 9.97 Å². The van der Waals surface area contributed by atoms with Gasteiger partial charge in [-0.05, 0) is 55.4 Å². The molecule has 1 aliphatic carbocycles. The van der Waals surface area contributed by atoms with Gasteiger partial charge in [0.15, 0.2) is 0 Å². The standard InChI is InChI=1S/C25H30F3N5O4/c26-25(27,28)24(36,16-34)18-5-4-17(21(29-18)33-10-8-23(6-7-23)9-11-33)22(35)31-19-2-1-3-20(30-19)32-12-14-37-15-13-32/h1-5,34,36H,6-16H2,(H,30,31,35). The van der Waals surface area contributed by atoms with Crippen molar-refractivity contribution in [1.29, 1.82) is 0 Å². The molecule has 0 radical (unpaired) electrons. The number of nitrogens with one attached hydrogen (secondary N) is 1. The van der Waals surface area contributed by atoms with Crippen molar-refractivity contribution in [3.63, 3.8) is 0 Å². The van der Waals surface area contributed by atoms with Crippen LogP contribution in [0.15, 0.2) is 30.3 Å². The van der Waals surface area contributed by atoms with Crippen molar-refractivity contribution in [2.45, 2.75) is 37.5 Å². The van der Waals surface area contributed by atoms with Gasteiger partial charge >= 0.3 is 6.18 Å². The van der Waals surface area contributed by atoms with Crippen molar-refractivity contribution in [3.05, 3.63) is 41.6 Å². The molecular weight excluding hydrogens is 491 g/mol. The zero-order chi connectivity index (χ0) is 26.3. The SMILES string of the molecule is O=C(Nc1cccc(N2CCOCC2)n1)c1ccc(C(O)(CO)C(F)(F)F)nc1N1CCC2(CC1)CC2. The van der Waals surface area contributed by atoms with Crippen LogP contribution in [0.4, 0.5) is 30.6 Å². The molecule has 3 N–H and O–H groups in total. The lowest BCUT2D eigenvalue weighted by atomic mass is 9.93. The molecule has 1 unspecified atom stereocenters. The molecule has 37 heavy (non-hydrogen) atoms. The fourth-order valence-corrected chi connectivity index (χ4v) is 4.93. The molecule has 0 aromatic carbocycles. The Hall–Kier alpha value is -2.96. The maximum absolute atomic E-state index is 13.6. The first-order valence-corrected chi connectivity index (χ1v) is 12.4. The number of pyridine rings is 2. The van der Waals surface area contributed by atoms with E-state index in [1.165, 1.54) is 6.07 Å². The van der Waals surface area contributed by atoms with E-state index >= 15 is 0 Å². The number of ether oxygens (including phenoxy) is 1. The van der Waals surface area contributed by atoms with E-state index in [-0.39, 0.29) is 16.8 Å². The highest BCUT2D eigenvalue weighted by Crippen LogP contribution is 2.54. The third-order valence-corrected chi connectivity index (χ3v) is 7.63. The van der Waals surface area contributed by atoms with Gasteiger partial charge < -0.3 is 30.1 Å². The number of morpholine rings is 1. The second kappa shape index (κ2) is 9.73. The van der Waals surface area contributed by atoms with Crippen LogP contribution in [0, 0.1) is 5.41 Å². The van der Waals surface area contributed by atoms with E-state index in [0.29, 0.717) is 51.0 Å². The smallest absolute Gasteiger partial charge is 0.393 e. The quantitative estimate of drug-likeness (QED) is 0.532. The number of piperidine rings is 1. The second-order valence-electron chi connectivity index (χ2n) is 10.0. The zero-order valence-electron chi connectivity index (χ0n) is 20.3. The molecule has 3 fully saturated rings. The lowest BCUT2D eigenvalue weighted by Gasteiger charge is -2.35. The highest BCUT2D eigenvalue weighted by atomic mass is 19.4. The van der Waals surface area contributed by atoms with Crippen molar-refractivity contribution in [2.75, 3.05) is 61.1 Å². The Morgan fingerprint density at radius 3 is 2.32 bits per heavy atom. The minimum absolute atomic E-state index is 0.0472. The number of aliphatic hydroxyl groups is 2. The van der Waals surface area contributed by atoms with Crippen molar-refractivity contribution in [3.8, 4) is 0 Å². The summed E-state index contributed by atoms with van der Waals surface area (Å²) in [4.78, 5) is 25.8. The first-order chi connectivity index (χ1) is 17.6. The molecule has 2 aromatic rings. The first-order valence-electron chi connectivity index (χ1n) is 12.4. The van der Waals surface area contributed by atoms with Crippen molar-refractivity contribution < 1.29 is 32.9 Å². The number of alkyl halides is 3. The number of aromatic nitrogens is 2. The maximum atomic E-state index is 13.6. The summed E-state index contributed by atoms with van der Waals surface area (Å²) in [6, 6.07) is 7.38. The van der Waals surface area contributed by atoms with Crippen molar-refractivity contribution in [1.82, 2.24) is 9.97 Å². The van der Waals surface area contributed by atoms with Crippen LogP contribution < -0.4 is 15.1 Å². The fraction of sp³-hybridized carbons (Fsp3) is 0.560. The van der Waals surface area contributed by atoms with Gasteiger partial charge in [0, 0.05) is 26.2 Å². The van der Waals surface area contributed by atoms with Crippen LogP contribution in [0.2, 0.25) is 0 Å². The topological polar surface area (TPSA) is 111 Å². The zero-order valence-corrected chi connectivity index (χ0v) is 20.3. The van der Waals surface area contributed by atoms with Crippen LogP contribution in [-0.4, -0.2) is 78.3 Å². The monoisotopic (exact) mass is 521 g/mol. The van der Waals surface area contributed by atoms with Gasteiger partial charge in [0.25, 0.3) is 5.91 Å². The summed E-state index contributed by atoms with van der Waals surface area (Å²) in [6.07, 6.45) is -1.19. The van der Waals surface area contributed by atoms with Gasteiger partial charge in [-0.2, -0.15) is 13.2 Å². The van der Waals surface area contributed by atoms with E-state index < -0.39 is 30.0 Å². The average Bonchev–Trinajstić information content (AvgIpc) is 3.66. The number of rotatable bonds is 6. The van der Waals surface area contributed by atoms with E-state index in [0.717, 1.165) is 31.7 Å². The minimum atomic E-state index is -5.15. The Kier molecular flexibility index (Phi) is 6.75. The van der Waals surface area contributed by atoms with Gasteiger partial charge in [0.1, 0.15) is 17.5 Å². The molecule has 4 heterocycles. The molecule has 9 nitrogen and oxygen atoms in total. The third-order valence-electron chi connectivity index (χ3n) is 7.63. The lowest BCUT2D eigenvalue weighted by molar-refractivity contribution is -0.279. The summed E-state index contributed by atoms with van der Waals surface area (Å²) >= 11 is 0. The molecule has 0 bridgehead atoms. The molecule has 1 amide bonds. The Labute approximate surface area is 212 Å². The van der Waals surface area contributed by atoms with E-state index in [4.69, 9.17) is 4.74 Å². The van der Waals surface area contributed by atoms with Gasteiger partial charge in [0.2, 0.25) is 5.60 Å². The van der Waals surface area contributed by atoms with E-state index in [9.17, 15) is 28.2 Å². The summed E-state index contributed by atoms with van der Waals surface area (Å²) in [5.74, 6) is 0.443. The number of halogens is 3. The average molecular weight is 522 g/mol. The van der Waals surface area contributed by atoms with Gasteiger partial charge in [-0.1, -0.05) is 6.07 Å². The van der Waals surface area contributed by atoms with Gasteiger partial charge in [-0.3, -0.25) is 4.79 Å². The fourth-order valence-electron chi connectivity index (χ4n) is 4.93. The molecule has 2 aliphatic heterocycles. The van der Waals surface area contributed by atoms with E-state index in [1.54, 1.807) is 17.0 Å². The predicted molar refractivity (Wildman–Crippen MR) is 130 cm³/mol. The number of nitrogens with zero attached hydrogens (tertiary/aromatic N) is 4. The molecule has 2 saturated heterocycles. The van der Waals surface area contributed by atoms with Crippen LogP contribution in [0.3, 0.4) is 0 Å². The van der Waals surface area contributed by atoms with Crippen molar-refractivity contribution in [2.24, 2.45) is 5.41 Å². The number of carbonyl (C=O) groups excluding carboxylic acids is 1. The van der Waals surface area contributed by atoms with Crippen molar-refractivity contribution >= 4 is 23.4 Å². The van der Waals surface area contributed by atoms with Crippen LogP contribution in [0.25, 0.3) is 0 Å². The van der Waals surface area contributed by atoms with E-state index in [2.05, 4.69) is 15.3 Å². The highest BCUT2D eigenvalue weighted by Gasteiger charge is 2.56. The third kappa shape index (κ3) is 5.10. The Morgan fingerprint density at radius 1 is 1.00 bits per heavy atom. The number of hydrogen-bond acceptors (Lipinski definition) is 8. The molecule has 3 aliphatic rings. The highest BCUT2D eigenvalue weighted by molar-refractivity contribution is 6.07. The molecule has 1 saturated carbocycles. The number of carbonyl (C=O) groups is 1. The predicted octanol–water partition coefficient (Wildman–Crippen LogP) is 2.69. The molecule has 12 heteroatoms. The van der Waals surface area contributed by atoms with Crippen LogP contribution >= 0.6 is 0 Å². The summed E-state index contributed by atoms with van der Waals surface area (Å²) < 4.78 is 46.3. The molecule has 1 spiro atoms. The second-order valence-corrected chi connectivity index (χ2v) is 10.0. The molecule has 1 atom stereocenters. The summed E-state index contributed by atoms with van der Waals surface area (Å²) in [7, 11) is 0. The maximum Gasteiger partial charge on any atom is 0.425 e. The van der Waals surface area contributed by atoms with Crippen LogP contribution in [0.5, 0.6) is 0 Å². The van der Waals surface area contributed by atoms with Gasteiger partial charge in [-0.15, -0.1) is 0 Å². The lowest BCUT2D eigenvalue weighted by Crippen LogP contribution is -2.46. The number of anilines is 3. The van der Waals surface area contributed by atoms with Crippen LogP contribution in [-0.2, 0) is 10.3 Å². The normalized spacial score (nSPS) is 21.0. The Balaban J connectivity index is 1.44. The number of amides is 1. The molecule has 2 aromatic heterocycles. The van der Waals surface area contributed by atoms with E-state index in [1.807, 2.05) is 11.0 Å².